The zero-order valence-electron chi connectivity index (χ0n) is 14.0. The van der Waals surface area contributed by atoms with Crippen LogP contribution in [0.4, 0.5) is 5.82 Å². The van der Waals surface area contributed by atoms with Gasteiger partial charge in [-0.3, -0.25) is 14.9 Å². The lowest BCUT2D eigenvalue weighted by Crippen LogP contribution is -2.37. The van der Waals surface area contributed by atoms with Crippen LogP contribution < -0.4 is 10.2 Å². The van der Waals surface area contributed by atoms with Crippen molar-refractivity contribution < 1.29 is 4.79 Å². The molecule has 132 valence electrons. The first-order valence-corrected chi connectivity index (χ1v) is 8.85. The highest BCUT2D eigenvalue weighted by Gasteiger charge is 2.26. The summed E-state index contributed by atoms with van der Waals surface area (Å²) in [6.07, 6.45) is 2.50. The van der Waals surface area contributed by atoms with Gasteiger partial charge < -0.3 is 10.2 Å². The molecule has 0 saturated carbocycles. The van der Waals surface area contributed by atoms with Crippen molar-refractivity contribution in [2.24, 2.45) is 0 Å². The number of carbonyl (C=O) groups is 1. The largest absolute Gasteiger partial charge is 0.353 e. The van der Waals surface area contributed by atoms with Gasteiger partial charge in [0, 0.05) is 36.4 Å². The molecule has 3 heterocycles. The lowest BCUT2D eigenvalue weighted by Gasteiger charge is -2.15. The number of rotatable bonds is 4. The van der Waals surface area contributed by atoms with E-state index in [-0.39, 0.29) is 11.9 Å². The molecule has 4 rings (SSSR count). The van der Waals surface area contributed by atoms with Crippen LogP contribution in [0.2, 0.25) is 5.02 Å². The van der Waals surface area contributed by atoms with Crippen LogP contribution in [0.5, 0.6) is 0 Å². The van der Waals surface area contributed by atoms with Gasteiger partial charge in [-0.25, -0.2) is 0 Å². The number of benzene rings is 1. The molecule has 0 spiro atoms. The van der Waals surface area contributed by atoms with Gasteiger partial charge in [0.05, 0.1) is 5.69 Å². The van der Waals surface area contributed by atoms with Crippen molar-refractivity contribution in [1.29, 1.82) is 0 Å². The number of amides is 1. The zero-order chi connectivity index (χ0) is 17.9. The monoisotopic (exact) mass is 367 g/mol. The molecule has 1 amide bonds. The van der Waals surface area contributed by atoms with Crippen LogP contribution >= 0.6 is 11.6 Å². The number of carbonyl (C=O) groups excluding carboxylic acids is 1. The van der Waals surface area contributed by atoms with Gasteiger partial charge in [-0.2, -0.15) is 5.10 Å². The average molecular weight is 368 g/mol. The van der Waals surface area contributed by atoms with Crippen LogP contribution in [0.3, 0.4) is 0 Å². The standard InChI is InChI=1S/C19H18ClN5O/c20-14-6-4-13(5-7-14)17-11-18(24-23-17)25-10-8-15(12-25)22-19(26)16-3-1-2-9-21-16/h1-7,9,11,15H,8,10,12H2,(H,22,26)(H,23,24). The number of aromatic amines is 1. The molecule has 0 aliphatic carbocycles. The molecular weight excluding hydrogens is 350 g/mol. The van der Waals surface area contributed by atoms with Crippen molar-refractivity contribution in [2.45, 2.75) is 12.5 Å². The Morgan fingerprint density at radius 2 is 2.08 bits per heavy atom. The summed E-state index contributed by atoms with van der Waals surface area (Å²) in [5.74, 6) is 0.742. The molecule has 1 unspecified atom stereocenters. The lowest BCUT2D eigenvalue weighted by molar-refractivity contribution is 0.0935. The average Bonchev–Trinajstić information content (AvgIpc) is 3.32. The molecule has 1 aromatic carbocycles. The van der Waals surface area contributed by atoms with E-state index in [1.807, 2.05) is 36.4 Å². The topological polar surface area (TPSA) is 73.9 Å². The summed E-state index contributed by atoms with van der Waals surface area (Å²) in [5.41, 5.74) is 2.42. The molecule has 1 atom stereocenters. The van der Waals surface area contributed by atoms with Gasteiger partial charge in [0.1, 0.15) is 5.69 Å². The fourth-order valence-electron chi connectivity index (χ4n) is 3.09. The van der Waals surface area contributed by atoms with Gasteiger partial charge in [-0.05, 0) is 36.2 Å². The summed E-state index contributed by atoms with van der Waals surface area (Å²) in [6.45, 7) is 1.57. The molecule has 1 aliphatic heterocycles. The summed E-state index contributed by atoms with van der Waals surface area (Å²) in [7, 11) is 0. The predicted octanol–water partition coefficient (Wildman–Crippen LogP) is 3.13. The predicted molar refractivity (Wildman–Crippen MR) is 101 cm³/mol. The van der Waals surface area contributed by atoms with Crippen LogP contribution in [-0.4, -0.2) is 40.2 Å². The van der Waals surface area contributed by atoms with Crippen LogP contribution in [0.15, 0.2) is 54.7 Å². The van der Waals surface area contributed by atoms with E-state index in [1.165, 1.54) is 0 Å². The first-order chi connectivity index (χ1) is 12.7. The number of anilines is 1. The Bertz CT molecular complexity index is 894. The molecule has 0 radical (unpaired) electrons. The van der Waals surface area contributed by atoms with Crippen LogP contribution in [0.25, 0.3) is 11.3 Å². The number of H-pyrrole nitrogens is 1. The summed E-state index contributed by atoms with van der Waals surface area (Å²) >= 11 is 5.94. The van der Waals surface area contributed by atoms with E-state index in [0.29, 0.717) is 10.7 Å². The maximum atomic E-state index is 12.2. The van der Waals surface area contributed by atoms with E-state index in [9.17, 15) is 4.79 Å². The number of halogens is 1. The fourth-order valence-corrected chi connectivity index (χ4v) is 3.22. The molecule has 1 aliphatic rings. The number of aromatic nitrogens is 3. The molecule has 1 fully saturated rings. The molecule has 6 nitrogen and oxygen atoms in total. The number of nitrogens with one attached hydrogen (secondary N) is 2. The number of hydrogen-bond acceptors (Lipinski definition) is 4. The second kappa shape index (κ2) is 7.17. The maximum absolute atomic E-state index is 12.2. The zero-order valence-corrected chi connectivity index (χ0v) is 14.8. The summed E-state index contributed by atoms with van der Waals surface area (Å²) < 4.78 is 0. The van der Waals surface area contributed by atoms with Crippen molar-refractivity contribution >= 4 is 23.3 Å². The van der Waals surface area contributed by atoms with Crippen LogP contribution in [0, 0.1) is 0 Å². The van der Waals surface area contributed by atoms with Crippen molar-refractivity contribution in [3.8, 4) is 11.3 Å². The Kier molecular flexibility index (Phi) is 4.58. The summed E-state index contributed by atoms with van der Waals surface area (Å²) in [6, 6.07) is 15.1. The van der Waals surface area contributed by atoms with Gasteiger partial charge >= 0.3 is 0 Å². The Morgan fingerprint density at radius 1 is 1.23 bits per heavy atom. The number of hydrogen-bond donors (Lipinski definition) is 2. The van der Waals surface area contributed by atoms with Gasteiger partial charge in [0.15, 0.2) is 5.82 Å². The minimum atomic E-state index is -0.138. The summed E-state index contributed by atoms with van der Waals surface area (Å²) in [5, 5.41) is 11.2. The van der Waals surface area contributed by atoms with Crippen molar-refractivity contribution in [1.82, 2.24) is 20.5 Å². The highest BCUT2D eigenvalue weighted by Crippen LogP contribution is 2.25. The molecule has 2 aromatic heterocycles. The van der Waals surface area contributed by atoms with Crippen LogP contribution in [0.1, 0.15) is 16.9 Å². The highest BCUT2D eigenvalue weighted by molar-refractivity contribution is 6.30. The molecule has 3 aromatic rings. The fraction of sp³-hybridized carbons (Fsp3) is 0.211. The Labute approximate surface area is 156 Å². The maximum Gasteiger partial charge on any atom is 0.270 e. The van der Waals surface area contributed by atoms with E-state index >= 15 is 0 Å². The van der Waals surface area contributed by atoms with E-state index < -0.39 is 0 Å². The van der Waals surface area contributed by atoms with Gasteiger partial charge in [-0.15, -0.1) is 0 Å². The highest BCUT2D eigenvalue weighted by atomic mass is 35.5. The molecule has 2 N–H and O–H groups in total. The normalized spacial score (nSPS) is 16.7. The summed E-state index contributed by atoms with van der Waals surface area (Å²) in [4.78, 5) is 18.5. The minimum absolute atomic E-state index is 0.0835. The third kappa shape index (κ3) is 3.55. The Morgan fingerprint density at radius 3 is 2.85 bits per heavy atom. The first kappa shape index (κ1) is 16.6. The molecule has 1 saturated heterocycles. The van der Waals surface area contributed by atoms with Crippen molar-refractivity contribution in [3.05, 3.63) is 65.4 Å². The molecule has 0 bridgehead atoms. The van der Waals surface area contributed by atoms with E-state index in [2.05, 4.69) is 25.4 Å². The van der Waals surface area contributed by atoms with Gasteiger partial charge in [-0.1, -0.05) is 29.8 Å². The Hall–Kier alpha value is -2.86. The van der Waals surface area contributed by atoms with Gasteiger partial charge in [0.2, 0.25) is 0 Å². The first-order valence-electron chi connectivity index (χ1n) is 8.47. The minimum Gasteiger partial charge on any atom is -0.353 e. The SMILES string of the molecule is O=C(NC1CCN(c2cc(-c3ccc(Cl)cc3)[nH]n2)C1)c1ccccn1. The molecule has 26 heavy (non-hydrogen) atoms. The Balaban J connectivity index is 1.40. The van der Waals surface area contributed by atoms with Gasteiger partial charge in [0.25, 0.3) is 5.91 Å². The second-order valence-electron chi connectivity index (χ2n) is 6.27. The van der Waals surface area contributed by atoms with E-state index in [4.69, 9.17) is 11.6 Å². The third-order valence-electron chi connectivity index (χ3n) is 4.46. The lowest BCUT2D eigenvalue weighted by atomic mass is 10.1. The van der Waals surface area contributed by atoms with Crippen molar-refractivity contribution in [2.75, 3.05) is 18.0 Å². The third-order valence-corrected chi connectivity index (χ3v) is 4.72. The van der Waals surface area contributed by atoms with Crippen molar-refractivity contribution in [3.63, 3.8) is 0 Å². The smallest absolute Gasteiger partial charge is 0.270 e. The molecule has 7 heteroatoms. The van der Waals surface area contributed by atoms with E-state index in [0.717, 1.165) is 36.6 Å². The number of nitrogens with zero attached hydrogens (tertiary/aromatic N) is 3. The number of pyridine rings is 1. The quantitative estimate of drug-likeness (QED) is 0.743. The van der Waals surface area contributed by atoms with Crippen LogP contribution in [-0.2, 0) is 0 Å². The second-order valence-corrected chi connectivity index (χ2v) is 6.70. The molecular formula is C19H18ClN5O. The van der Waals surface area contributed by atoms with E-state index in [1.54, 1.807) is 18.3 Å².